The summed E-state index contributed by atoms with van der Waals surface area (Å²) in [7, 11) is 8.39. The second-order valence-corrected chi connectivity index (χ2v) is 23.4. The summed E-state index contributed by atoms with van der Waals surface area (Å²) in [6.07, 6.45) is 20.1. The van der Waals surface area contributed by atoms with Gasteiger partial charge in [-0.1, -0.05) is 104 Å². The van der Waals surface area contributed by atoms with Gasteiger partial charge in [-0.25, -0.2) is 9.13 Å². The second-order valence-electron chi connectivity index (χ2n) is 23.4. The summed E-state index contributed by atoms with van der Waals surface area (Å²) in [5, 5.41) is 0. The first-order chi connectivity index (χ1) is 29.3. The molecule has 0 saturated carbocycles. The molecule has 338 valence electrons. The Balaban J connectivity index is 1.36. The van der Waals surface area contributed by atoms with Crippen molar-refractivity contribution in [3.05, 3.63) is 107 Å². The first-order valence-electron chi connectivity index (χ1n) is 23.7. The van der Waals surface area contributed by atoms with Gasteiger partial charge in [-0.05, 0) is 57.8 Å². The van der Waals surface area contributed by atoms with E-state index in [0.29, 0.717) is 0 Å². The minimum absolute atomic E-state index is 0.0190. The fraction of sp³-hybridized carbons (Fsp3) is 0.564. The lowest BCUT2D eigenvalue weighted by molar-refractivity contribution is -0.869. The van der Waals surface area contributed by atoms with Crippen molar-refractivity contribution in [2.24, 2.45) is 0 Å². The Bertz CT molecular complexity index is 2300. The van der Waals surface area contributed by atoms with Crippen molar-refractivity contribution < 1.29 is 27.8 Å². The van der Waals surface area contributed by atoms with E-state index in [0.717, 1.165) is 80.8 Å². The molecule has 8 nitrogen and oxygen atoms in total. The molecule has 1 fully saturated rings. The zero-order valence-electron chi connectivity index (χ0n) is 41.9. The zero-order chi connectivity index (χ0) is 45.9. The van der Waals surface area contributed by atoms with Crippen molar-refractivity contribution in [2.75, 3.05) is 44.5 Å². The van der Waals surface area contributed by atoms with Crippen molar-refractivity contribution in [3.63, 3.8) is 0 Å². The average Bonchev–Trinajstić information content (AvgIpc) is 3.45. The largest absolute Gasteiger partial charge is 0.704 e. The van der Waals surface area contributed by atoms with Crippen LogP contribution in [0.25, 0.3) is 0 Å². The molecule has 5 heterocycles. The summed E-state index contributed by atoms with van der Waals surface area (Å²) >= 11 is 0. The minimum Gasteiger partial charge on any atom is -0.377 e. The Morgan fingerprint density at radius 1 is 0.524 bits per heavy atom. The molecule has 1 unspecified atom stereocenters. The highest BCUT2D eigenvalue weighted by atomic mass is 16.7. The molecule has 1 saturated heterocycles. The van der Waals surface area contributed by atoms with Crippen molar-refractivity contribution in [2.45, 2.75) is 168 Å². The number of unbranched alkanes of at least 4 members (excludes halogenated alkanes) is 2. The minimum atomic E-state index is -1.18. The quantitative estimate of drug-likeness (QED) is 0.105. The van der Waals surface area contributed by atoms with Gasteiger partial charge in [-0.3, -0.25) is 0 Å². The molecule has 2 aromatic heterocycles. The topological polar surface area (TPSA) is 38.7 Å². The normalized spacial score (nSPS) is 18.0. The molecule has 0 bridgehead atoms. The van der Waals surface area contributed by atoms with Gasteiger partial charge in [0.2, 0.25) is 12.1 Å². The second kappa shape index (κ2) is 16.7. The number of fused-ring (bicyclic) bond motifs is 2. The van der Waals surface area contributed by atoms with E-state index in [2.05, 4.69) is 225 Å². The van der Waals surface area contributed by atoms with Crippen LogP contribution in [-0.4, -0.2) is 67.9 Å². The van der Waals surface area contributed by atoms with Crippen LogP contribution in [-0.2, 0) is 34.7 Å². The fourth-order valence-corrected chi connectivity index (χ4v) is 9.60. The van der Waals surface area contributed by atoms with Crippen LogP contribution < -0.4 is 28.4 Å². The Morgan fingerprint density at radius 3 is 1.29 bits per heavy atom. The maximum absolute atomic E-state index is 7.71. The number of benzene rings is 2. The average molecular weight is 857 g/mol. The lowest BCUT2D eigenvalue weighted by Gasteiger charge is -2.35. The van der Waals surface area contributed by atoms with Crippen LogP contribution in [0.2, 0.25) is 0 Å². The highest BCUT2D eigenvalue weighted by Crippen LogP contribution is 2.50. The molecule has 8 heteroatoms. The van der Waals surface area contributed by atoms with Gasteiger partial charge in [0.15, 0.2) is 48.7 Å². The maximum atomic E-state index is 7.71. The number of hydrogen-bond donors (Lipinski definition) is 0. The molecule has 1 atom stereocenters. The van der Waals surface area contributed by atoms with Crippen LogP contribution >= 0.6 is 0 Å². The number of ether oxygens (including phenoxy) is 2. The number of rotatable bonds is 12. The van der Waals surface area contributed by atoms with Crippen LogP contribution in [0.4, 0.5) is 11.4 Å². The molecule has 0 amide bonds. The summed E-state index contributed by atoms with van der Waals surface area (Å²) in [5.74, 6) is 1.87. The third-order valence-electron chi connectivity index (χ3n) is 13.7. The third kappa shape index (κ3) is 9.42. The van der Waals surface area contributed by atoms with Crippen molar-refractivity contribution >= 4 is 23.8 Å². The molecule has 7 rings (SSSR count). The molecule has 2 aromatic carbocycles. The Hall–Kier alpha value is -4.72. The maximum Gasteiger partial charge on any atom is 0.704 e. The summed E-state index contributed by atoms with van der Waals surface area (Å²) in [5.41, 5.74) is 9.18. The van der Waals surface area contributed by atoms with Gasteiger partial charge >= 0.3 is 6.03 Å². The van der Waals surface area contributed by atoms with Gasteiger partial charge in [0.1, 0.15) is 13.1 Å². The molecule has 3 aliphatic rings. The smallest absolute Gasteiger partial charge is 0.377 e. The van der Waals surface area contributed by atoms with E-state index in [1.807, 2.05) is 0 Å². The molecule has 3 aliphatic heterocycles. The highest BCUT2D eigenvalue weighted by molar-refractivity contribution is 5.85. The van der Waals surface area contributed by atoms with Crippen LogP contribution in [0.3, 0.4) is 0 Å². The van der Waals surface area contributed by atoms with E-state index in [4.69, 9.17) is 9.47 Å². The number of aromatic nitrogens is 2. The van der Waals surface area contributed by atoms with Crippen LogP contribution in [0.1, 0.15) is 155 Å². The lowest BCUT2D eigenvalue weighted by Crippen LogP contribution is -2.62. The van der Waals surface area contributed by atoms with E-state index >= 15 is 0 Å². The number of pyridine rings is 2. The molecule has 1 spiro atoms. The summed E-state index contributed by atoms with van der Waals surface area (Å²) < 4.78 is 25.1. The molecule has 0 aliphatic carbocycles. The molecule has 63 heavy (non-hydrogen) atoms. The highest BCUT2D eigenvalue weighted by Gasteiger charge is 2.78. The number of aryl methyl sites for hydroxylation is 2. The van der Waals surface area contributed by atoms with Crippen LogP contribution in [0, 0.1) is 0 Å². The third-order valence-corrected chi connectivity index (χ3v) is 13.7. The van der Waals surface area contributed by atoms with Crippen molar-refractivity contribution in [1.82, 2.24) is 0 Å². The summed E-state index contributed by atoms with van der Waals surface area (Å²) in [6, 6.07) is 17.2. The predicted molar refractivity (Wildman–Crippen MR) is 260 cm³/mol. The predicted octanol–water partition coefficient (Wildman–Crippen LogP) is 10.0. The van der Waals surface area contributed by atoms with Gasteiger partial charge in [-0.2, -0.15) is 0 Å². The summed E-state index contributed by atoms with van der Waals surface area (Å²) in [4.78, 5) is 4.32. The van der Waals surface area contributed by atoms with Gasteiger partial charge in [0, 0.05) is 101 Å². The molecule has 0 N–H and O–H groups in total. The zero-order valence-corrected chi connectivity index (χ0v) is 41.9. The van der Waals surface area contributed by atoms with Gasteiger partial charge in [-0.15, -0.1) is 0 Å². The van der Waals surface area contributed by atoms with E-state index in [-0.39, 0.29) is 27.2 Å². The first-order valence-corrected chi connectivity index (χ1v) is 23.7. The van der Waals surface area contributed by atoms with Crippen LogP contribution in [0.5, 0.6) is 11.5 Å². The van der Waals surface area contributed by atoms with Crippen molar-refractivity contribution in [1.29, 1.82) is 0 Å². The van der Waals surface area contributed by atoms with Gasteiger partial charge in [0.05, 0.1) is 11.1 Å². The lowest BCUT2D eigenvalue weighted by atomic mass is 9.78. The summed E-state index contributed by atoms with van der Waals surface area (Å²) in [6.45, 7) is 30.5. The Morgan fingerprint density at radius 2 is 0.921 bits per heavy atom. The molecular weight excluding hydrogens is 777 g/mol. The van der Waals surface area contributed by atoms with E-state index in [1.54, 1.807) is 0 Å². The Labute approximate surface area is 380 Å². The van der Waals surface area contributed by atoms with E-state index in [9.17, 15) is 0 Å². The van der Waals surface area contributed by atoms with Gasteiger partial charge in [0.25, 0.3) is 0 Å². The van der Waals surface area contributed by atoms with Crippen molar-refractivity contribution in [3.8, 4) is 11.5 Å². The monoisotopic (exact) mass is 857 g/mol. The molecular formula is C55H80N6O2+4. The molecule has 4 aromatic rings. The van der Waals surface area contributed by atoms with E-state index in [1.165, 1.54) is 33.6 Å². The first kappa shape index (κ1) is 46.3. The number of hydrogen-bond acceptors (Lipinski definition) is 4. The SMILES string of the molecule is CN(C)c1cc[n+](CCCCC2(CCCC[n+]3ccc(N(C)C)cc3)C[N+]3=Cc4cc(C(C)(C)C)cc(C(C)(C)C)c4OC34Oc3c(cc(C(C)(C)C)cc3C(C)(C)C)C=[N+]24)cc1. The fourth-order valence-electron chi connectivity index (χ4n) is 9.60. The standard InChI is InChI=1S/C55H80N6O2/c1-50(2,3)42-33-40-37-60-39-54(25-17-19-27-58-29-21-44(22-30-58)56(13)14,26-18-20-28-59-31-23-45(24-32-59)57(15)16)61-38-41-34-43(51(4,5)6)36-47(53(10,11)12)49(41)63-55(60,61)62-48(40)46(35-42)52(7,8)9/h21-24,29-38H,17-20,25-28,39H2,1-16H3/q+4. The van der Waals surface area contributed by atoms with E-state index < -0.39 is 6.03 Å². The number of anilines is 2. The number of nitrogens with zero attached hydrogens (tertiary/aromatic N) is 6. The molecule has 0 radical (unpaired) electrons. The van der Waals surface area contributed by atoms with Gasteiger partial charge < -0.3 is 19.3 Å². The Kier molecular flexibility index (Phi) is 12.3. The van der Waals surface area contributed by atoms with Crippen LogP contribution in [0.15, 0.2) is 73.3 Å².